The zero-order valence-corrected chi connectivity index (χ0v) is 13.4. The van der Waals surface area contributed by atoms with Crippen molar-refractivity contribution in [2.75, 3.05) is 6.61 Å². The smallest absolute Gasteiger partial charge is 0.0540 e. The fourth-order valence-electron chi connectivity index (χ4n) is 1.48. The van der Waals surface area contributed by atoms with Crippen molar-refractivity contribution in [2.24, 2.45) is 0 Å². The Morgan fingerprint density at radius 3 is 3.00 bits per heavy atom. The lowest BCUT2D eigenvalue weighted by molar-refractivity contribution is 0.305. The molecular weight excluding hydrogens is 340 g/mol. The SMILES string of the molecule is OCCC#Cc1ccsc1CSc1cccc(Br)c1. The van der Waals surface area contributed by atoms with Crippen LogP contribution < -0.4 is 0 Å². The molecule has 0 aliphatic carbocycles. The Balaban J connectivity index is 2.01. The summed E-state index contributed by atoms with van der Waals surface area (Å²) in [5.41, 5.74) is 1.08. The first-order valence-electron chi connectivity index (χ1n) is 5.84. The van der Waals surface area contributed by atoms with Crippen molar-refractivity contribution in [1.82, 2.24) is 0 Å². The number of aliphatic hydroxyl groups is 1. The number of halogens is 1. The van der Waals surface area contributed by atoms with Gasteiger partial charge < -0.3 is 5.11 Å². The van der Waals surface area contributed by atoms with Gasteiger partial charge in [-0.25, -0.2) is 0 Å². The highest BCUT2D eigenvalue weighted by Gasteiger charge is 2.03. The van der Waals surface area contributed by atoms with Crippen LogP contribution in [0, 0.1) is 11.8 Å². The van der Waals surface area contributed by atoms with E-state index in [1.807, 2.05) is 30.0 Å². The molecule has 0 radical (unpaired) electrons. The molecule has 2 rings (SSSR count). The number of rotatable bonds is 4. The molecule has 0 saturated carbocycles. The first-order valence-corrected chi connectivity index (χ1v) is 8.50. The predicted octanol–water partition coefficient (Wildman–Crippen LogP) is 4.54. The molecule has 1 aromatic carbocycles. The van der Waals surface area contributed by atoms with Crippen molar-refractivity contribution in [1.29, 1.82) is 0 Å². The topological polar surface area (TPSA) is 20.2 Å². The summed E-state index contributed by atoms with van der Waals surface area (Å²) in [7, 11) is 0. The minimum absolute atomic E-state index is 0.124. The molecule has 1 nitrogen and oxygen atoms in total. The van der Waals surface area contributed by atoms with Crippen molar-refractivity contribution < 1.29 is 5.11 Å². The van der Waals surface area contributed by atoms with Crippen LogP contribution in [0.3, 0.4) is 0 Å². The number of thioether (sulfide) groups is 1. The molecule has 2 aromatic rings. The van der Waals surface area contributed by atoms with E-state index < -0.39 is 0 Å². The number of hydrogen-bond acceptors (Lipinski definition) is 3. The summed E-state index contributed by atoms with van der Waals surface area (Å²) in [4.78, 5) is 2.53. The second-order valence-electron chi connectivity index (χ2n) is 3.78. The summed E-state index contributed by atoms with van der Waals surface area (Å²) in [6, 6.07) is 10.4. The fraction of sp³-hybridized carbons (Fsp3) is 0.200. The van der Waals surface area contributed by atoms with Gasteiger partial charge in [0, 0.05) is 32.0 Å². The van der Waals surface area contributed by atoms with E-state index >= 15 is 0 Å². The number of benzene rings is 1. The molecule has 0 saturated heterocycles. The van der Waals surface area contributed by atoms with Gasteiger partial charge in [0.25, 0.3) is 0 Å². The van der Waals surface area contributed by atoms with Crippen molar-refractivity contribution >= 4 is 39.0 Å². The predicted molar refractivity (Wildman–Crippen MR) is 86.6 cm³/mol. The quantitative estimate of drug-likeness (QED) is 0.643. The monoisotopic (exact) mass is 352 g/mol. The lowest BCUT2D eigenvalue weighted by Crippen LogP contribution is -1.81. The summed E-state index contributed by atoms with van der Waals surface area (Å²) < 4.78 is 1.10. The number of hydrogen-bond donors (Lipinski definition) is 1. The van der Waals surface area contributed by atoms with E-state index in [1.165, 1.54) is 9.77 Å². The Morgan fingerprint density at radius 1 is 1.32 bits per heavy atom. The van der Waals surface area contributed by atoms with Crippen molar-refractivity contribution in [3.05, 3.63) is 50.6 Å². The molecular formula is C15H13BrOS2. The van der Waals surface area contributed by atoms with Crippen LogP contribution in [0.1, 0.15) is 16.9 Å². The van der Waals surface area contributed by atoms with E-state index in [9.17, 15) is 0 Å². The summed E-state index contributed by atoms with van der Waals surface area (Å²) in [6.07, 6.45) is 0.536. The van der Waals surface area contributed by atoms with Gasteiger partial charge in [0.1, 0.15) is 0 Å². The molecule has 0 aliphatic rings. The van der Waals surface area contributed by atoms with Gasteiger partial charge in [-0.2, -0.15) is 0 Å². The molecule has 0 spiro atoms. The summed E-state index contributed by atoms with van der Waals surface area (Å²) in [5, 5.41) is 10.8. The molecule has 0 unspecified atom stereocenters. The second kappa shape index (κ2) is 7.76. The molecule has 1 heterocycles. The normalized spacial score (nSPS) is 10.0. The van der Waals surface area contributed by atoms with Crippen molar-refractivity contribution in [2.45, 2.75) is 17.1 Å². The largest absolute Gasteiger partial charge is 0.395 e. The summed E-state index contributed by atoms with van der Waals surface area (Å²) in [5.74, 6) is 7.02. The molecule has 1 aromatic heterocycles. The van der Waals surface area contributed by atoms with E-state index in [0.29, 0.717) is 6.42 Å². The Morgan fingerprint density at radius 2 is 2.21 bits per heavy atom. The molecule has 4 heteroatoms. The first-order chi connectivity index (χ1) is 9.29. The summed E-state index contributed by atoms with van der Waals surface area (Å²) in [6.45, 7) is 0.124. The maximum Gasteiger partial charge on any atom is 0.0540 e. The Labute approximate surface area is 130 Å². The van der Waals surface area contributed by atoms with Gasteiger partial charge in [-0.05, 0) is 29.6 Å². The Hall–Kier alpha value is -0.730. The highest BCUT2D eigenvalue weighted by molar-refractivity contribution is 9.10. The van der Waals surface area contributed by atoms with Crippen LogP contribution in [0.15, 0.2) is 45.1 Å². The van der Waals surface area contributed by atoms with Gasteiger partial charge in [-0.3, -0.25) is 0 Å². The third-order valence-electron chi connectivity index (χ3n) is 2.37. The third kappa shape index (κ3) is 4.70. The van der Waals surface area contributed by atoms with Crippen LogP contribution >= 0.6 is 39.0 Å². The van der Waals surface area contributed by atoms with Crippen LogP contribution in [0.2, 0.25) is 0 Å². The average molecular weight is 353 g/mol. The molecule has 0 bridgehead atoms. The van der Waals surface area contributed by atoms with Crippen LogP contribution in [0.5, 0.6) is 0 Å². The van der Waals surface area contributed by atoms with E-state index in [0.717, 1.165) is 15.8 Å². The van der Waals surface area contributed by atoms with Crippen molar-refractivity contribution in [3.63, 3.8) is 0 Å². The fourth-order valence-corrected chi connectivity index (χ4v) is 3.94. The number of thiophene rings is 1. The van der Waals surface area contributed by atoms with E-state index in [2.05, 4.69) is 45.3 Å². The van der Waals surface area contributed by atoms with Gasteiger partial charge in [-0.15, -0.1) is 23.1 Å². The van der Waals surface area contributed by atoms with E-state index in [-0.39, 0.29) is 6.61 Å². The molecule has 0 fully saturated rings. The minimum atomic E-state index is 0.124. The number of aliphatic hydroxyl groups excluding tert-OH is 1. The van der Waals surface area contributed by atoms with Gasteiger partial charge in [0.2, 0.25) is 0 Å². The highest BCUT2D eigenvalue weighted by Crippen LogP contribution is 2.28. The lowest BCUT2D eigenvalue weighted by atomic mass is 10.2. The minimum Gasteiger partial charge on any atom is -0.395 e. The molecule has 0 atom stereocenters. The highest BCUT2D eigenvalue weighted by atomic mass is 79.9. The molecule has 19 heavy (non-hydrogen) atoms. The van der Waals surface area contributed by atoms with Crippen LogP contribution in [-0.2, 0) is 5.75 Å². The second-order valence-corrected chi connectivity index (χ2v) is 6.74. The molecule has 0 aliphatic heterocycles. The van der Waals surface area contributed by atoms with Crippen LogP contribution in [0.4, 0.5) is 0 Å². The van der Waals surface area contributed by atoms with E-state index in [4.69, 9.17) is 5.11 Å². The van der Waals surface area contributed by atoms with Gasteiger partial charge in [0.05, 0.1) is 6.61 Å². The van der Waals surface area contributed by atoms with Gasteiger partial charge in [-0.1, -0.05) is 33.8 Å². The zero-order chi connectivity index (χ0) is 13.5. The molecule has 1 N–H and O–H groups in total. The third-order valence-corrected chi connectivity index (χ3v) is 4.99. The van der Waals surface area contributed by atoms with Crippen LogP contribution in [0.25, 0.3) is 0 Å². The first kappa shape index (κ1) is 14.7. The average Bonchev–Trinajstić information content (AvgIpc) is 2.84. The van der Waals surface area contributed by atoms with Gasteiger partial charge in [0.15, 0.2) is 0 Å². The molecule has 0 amide bonds. The lowest BCUT2D eigenvalue weighted by Gasteiger charge is -2.01. The zero-order valence-electron chi connectivity index (χ0n) is 10.2. The standard InChI is InChI=1S/C15H13BrOS2/c16-13-5-3-6-14(10-13)19-11-15-12(7-9-18-15)4-1-2-8-17/h3,5-7,9-10,17H,2,8,11H2. The van der Waals surface area contributed by atoms with Crippen molar-refractivity contribution in [3.8, 4) is 11.8 Å². The maximum atomic E-state index is 8.73. The summed E-state index contributed by atoms with van der Waals surface area (Å²) >= 11 is 7.02. The Bertz CT molecular complexity index is 595. The van der Waals surface area contributed by atoms with E-state index in [1.54, 1.807) is 11.3 Å². The maximum absolute atomic E-state index is 8.73. The van der Waals surface area contributed by atoms with Gasteiger partial charge >= 0.3 is 0 Å². The Kier molecular flexibility index (Phi) is 5.99. The van der Waals surface area contributed by atoms with Crippen LogP contribution in [-0.4, -0.2) is 11.7 Å². The molecule has 98 valence electrons.